The number of halogens is 3. The molecule has 0 aromatic heterocycles. The fourth-order valence-corrected chi connectivity index (χ4v) is 5.38. The summed E-state index contributed by atoms with van der Waals surface area (Å²) in [7, 11) is -3.60. The van der Waals surface area contributed by atoms with Gasteiger partial charge in [0.05, 0.1) is 11.9 Å². The summed E-state index contributed by atoms with van der Waals surface area (Å²) in [6.07, 6.45) is 1.77. The van der Waals surface area contributed by atoms with Crippen LogP contribution in [0.2, 0.25) is 15.1 Å². The highest BCUT2D eigenvalue weighted by Gasteiger charge is 2.29. The third kappa shape index (κ3) is 8.83. The van der Waals surface area contributed by atoms with Gasteiger partial charge in [-0.15, -0.1) is 0 Å². The topological polar surface area (TPSA) is 86.8 Å². The summed E-state index contributed by atoms with van der Waals surface area (Å²) < 4.78 is 26.0. The van der Waals surface area contributed by atoms with Crippen molar-refractivity contribution in [1.82, 2.24) is 10.2 Å². The van der Waals surface area contributed by atoms with E-state index in [1.54, 1.807) is 42.5 Å². The Morgan fingerprint density at radius 3 is 2.25 bits per heavy atom. The Hall–Kier alpha value is -2.00. The number of rotatable bonds is 12. The molecule has 0 spiro atoms. The van der Waals surface area contributed by atoms with Crippen molar-refractivity contribution in [1.29, 1.82) is 0 Å². The van der Waals surface area contributed by atoms with E-state index in [1.807, 2.05) is 20.8 Å². The number of carbonyl (C=O) groups excluding carboxylic acids is 2. The molecule has 198 valence electrons. The van der Waals surface area contributed by atoms with E-state index in [-0.39, 0.29) is 43.8 Å². The highest BCUT2D eigenvalue weighted by molar-refractivity contribution is 7.92. The van der Waals surface area contributed by atoms with Crippen LogP contribution in [0.25, 0.3) is 0 Å². The van der Waals surface area contributed by atoms with E-state index in [1.165, 1.54) is 9.21 Å². The molecule has 0 bridgehead atoms. The zero-order valence-corrected chi connectivity index (χ0v) is 23.9. The summed E-state index contributed by atoms with van der Waals surface area (Å²) in [5.41, 5.74) is 1.08. The zero-order chi connectivity index (χ0) is 27.0. The molecular formula is C25H32Cl3N3O4S. The van der Waals surface area contributed by atoms with Crippen molar-refractivity contribution >= 4 is 62.3 Å². The molecule has 2 amide bonds. The van der Waals surface area contributed by atoms with Crippen molar-refractivity contribution in [3.05, 3.63) is 63.1 Å². The average molecular weight is 577 g/mol. The van der Waals surface area contributed by atoms with Crippen LogP contribution in [-0.4, -0.2) is 50.0 Å². The van der Waals surface area contributed by atoms with Crippen LogP contribution in [0.15, 0.2) is 42.5 Å². The van der Waals surface area contributed by atoms with E-state index < -0.39 is 16.1 Å². The van der Waals surface area contributed by atoms with Gasteiger partial charge in [-0.3, -0.25) is 13.9 Å². The molecule has 36 heavy (non-hydrogen) atoms. The molecule has 0 unspecified atom stereocenters. The summed E-state index contributed by atoms with van der Waals surface area (Å²) in [5, 5.41) is 4.14. The summed E-state index contributed by atoms with van der Waals surface area (Å²) in [4.78, 5) is 27.9. The minimum absolute atomic E-state index is 0.0310. The molecule has 0 aliphatic carbocycles. The summed E-state index contributed by atoms with van der Waals surface area (Å²) >= 11 is 18.4. The van der Waals surface area contributed by atoms with E-state index in [9.17, 15) is 18.0 Å². The van der Waals surface area contributed by atoms with Gasteiger partial charge < -0.3 is 10.2 Å². The predicted octanol–water partition coefficient (Wildman–Crippen LogP) is 5.53. The van der Waals surface area contributed by atoms with Crippen LogP contribution in [0.3, 0.4) is 0 Å². The molecule has 0 heterocycles. The van der Waals surface area contributed by atoms with Gasteiger partial charge in [-0.05, 0) is 62.6 Å². The van der Waals surface area contributed by atoms with Crippen molar-refractivity contribution in [2.24, 2.45) is 0 Å². The number of hydrogen-bond donors (Lipinski definition) is 1. The van der Waals surface area contributed by atoms with Gasteiger partial charge >= 0.3 is 0 Å². The highest BCUT2D eigenvalue weighted by Crippen LogP contribution is 2.25. The molecule has 0 aliphatic rings. The maximum absolute atomic E-state index is 13.4. The normalized spacial score (nSPS) is 12.3. The Bertz CT molecular complexity index is 1170. The third-order valence-corrected chi connectivity index (χ3v) is 7.44. The van der Waals surface area contributed by atoms with Gasteiger partial charge in [0, 0.05) is 40.6 Å². The van der Waals surface area contributed by atoms with Gasteiger partial charge in [0.1, 0.15) is 6.04 Å². The molecule has 2 aromatic rings. The number of nitrogens with zero attached hydrogens (tertiary/aromatic N) is 2. The molecule has 2 rings (SSSR count). The first-order valence-corrected chi connectivity index (χ1v) is 14.6. The Kier molecular flexibility index (Phi) is 11.3. The highest BCUT2D eigenvalue weighted by atomic mass is 35.5. The maximum atomic E-state index is 13.4. The van der Waals surface area contributed by atoms with E-state index in [4.69, 9.17) is 34.8 Å². The minimum atomic E-state index is -3.60. The maximum Gasteiger partial charge on any atom is 0.243 e. The molecule has 0 saturated carbocycles. The van der Waals surface area contributed by atoms with E-state index >= 15 is 0 Å². The number of sulfonamides is 1. The van der Waals surface area contributed by atoms with Gasteiger partial charge in [0.25, 0.3) is 0 Å². The fourth-order valence-electron chi connectivity index (χ4n) is 3.77. The molecule has 1 atom stereocenters. The lowest BCUT2D eigenvalue weighted by Crippen LogP contribution is -2.50. The van der Waals surface area contributed by atoms with Crippen molar-refractivity contribution in [3.8, 4) is 0 Å². The summed E-state index contributed by atoms with van der Waals surface area (Å²) in [6, 6.07) is 10.7. The number of nitrogens with one attached hydrogen (secondary N) is 1. The molecule has 2 aromatic carbocycles. The van der Waals surface area contributed by atoms with Crippen LogP contribution in [0.1, 0.15) is 45.6 Å². The lowest BCUT2D eigenvalue weighted by Gasteiger charge is -2.32. The number of carbonyl (C=O) groups is 2. The number of benzene rings is 2. The quantitative estimate of drug-likeness (QED) is 0.360. The van der Waals surface area contributed by atoms with E-state index in [0.29, 0.717) is 32.7 Å². The SMILES string of the molecule is CC[C@H](C(=O)NC(C)C)N(Cc1ccc(Cl)cc1Cl)C(=O)CCCN(c1cccc(Cl)c1)S(C)(=O)=O. The zero-order valence-electron chi connectivity index (χ0n) is 20.8. The van der Waals surface area contributed by atoms with Crippen LogP contribution < -0.4 is 9.62 Å². The Morgan fingerprint density at radius 1 is 1.03 bits per heavy atom. The van der Waals surface area contributed by atoms with Crippen LogP contribution in [0.5, 0.6) is 0 Å². The molecule has 0 aliphatic heterocycles. The smallest absolute Gasteiger partial charge is 0.243 e. The number of anilines is 1. The monoisotopic (exact) mass is 575 g/mol. The molecule has 1 N–H and O–H groups in total. The molecule has 0 radical (unpaired) electrons. The van der Waals surface area contributed by atoms with E-state index in [0.717, 1.165) is 6.26 Å². The molecule has 0 fully saturated rings. The second-order valence-corrected chi connectivity index (χ2v) is 12.0. The van der Waals surface area contributed by atoms with Gasteiger partial charge in [-0.2, -0.15) is 0 Å². The second-order valence-electron chi connectivity index (χ2n) is 8.76. The third-order valence-electron chi connectivity index (χ3n) is 5.42. The van der Waals surface area contributed by atoms with Crippen molar-refractivity contribution in [3.63, 3.8) is 0 Å². The summed E-state index contributed by atoms with van der Waals surface area (Å²) in [5.74, 6) is -0.547. The van der Waals surface area contributed by atoms with Crippen LogP contribution in [0, 0.1) is 0 Å². The van der Waals surface area contributed by atoms with Gasteiger partial charge in [-0.1, -0.05) is 53.9 Å². The predicted molar refractivity (Wildman–Crippen MR) is 147 cm³/mol. The Morgan fingerprint density at radius 2 is 1.69 bits per heavy atom. The Labute approximate surface area is 228 Å². The standard InChI is InChI=1S/C25H32Cl3N3O4S/c1-5-23(25(33)29-17(2)3)30(16-18-11-12-20(27)15-22(18)28)24(32)10-7-13-31(36(4,34)35)21-9-6-8-19(26)14-21/h6,8-9,11-12,14-15,17,23H,5,7,10,13,16H2,1-4H3,(H,29,33)/t23-/m1/s1. The van der Waals surface area contributed by atoms with Gasteiger partial charge in [0.15, 0.2) is 0 Å². The number of amides is 2. The first kappa shape index (κ1) is 30.2. The molecule has 7 nitrogen and oxygen atoms in total. The number of hydrogen-bond acceptors (Lipinski definition) is 4. The largest absolute Gasteiger partial charge is 0.352 e. The molecule has 0 saturated heterocycles. The lowest BCUT2D eigenvalue weighted by molar-refractivity contribution is -0.141. The van der Waals surface area contributed by atoms with E-state index in [2.05, 4.69) is 5.32 Å². The summed E-state index contributed by atoms with van der Waals surface area (Å²) in [6.45, 7) is 5.72. The first-order chi connectivity index (χ1) is 16.8. The van der Waals surface area contributed by atoms with Crippen LogP contribution in [-0.2, 0) is 26.2 Å². The van der Waals surface area contributed by atoms with Crippen molar-refractivity contribution < 1.29 is 18.0 Å². The fraction of sp³-hybridized carbons (Fsp3) is 0.440. The van der Waals surface area contributed by atoms with Crippen molar-refractivity contribution in [2.45, 2.75) is 58.7 Å². The minimum Gasteiger partial charge on any atom is -0.352 e. The average Bonchev–Trinajstić information content (AvgIpc) is 2.76. The van der Waals surface area contributed by atoms with Crippen LogP contribution in [0.4, 0.5) is 5.69 Å². The van der Waals surface area contributed by atoms with Crippen LogP contribution >= 0.6 is 34.8 Å². The molecular weight excluding hydrogens is 545 g/mol. The van der Waals surface area contributed by atoms with Gasteiger partial charge in [-0.25, -0.2) is 8.42 Å². The van der Waals surface area contributed by atoms with Crippen molar-refractivity contribution in [2.75, 3.05) is 17.1 Å². The van der Waals surface area contributed by atoms with Gasteiger partial charge in [0.2, 0.25) is 21.8 Å². The lowest BCUT2D eigenvalue weighted by atomic mass is 10.1. The second kappa shape index (κ2) is 13.5. The Balaban J connectivity index is 2.26. The first-order valence-electron chi connectivity index (χ1n) is 11.6. The molecule has 11 heteroatoms.